The van der Waals surface area contributed by atoms with Gasteiger partial charge in [0.05, 0.1) is 11.6 Å². The van der Waals surface area contributed by atoms with E-state index in [0.29, 0.717) is 6.10 Å². The maximum absolute atomic E-state index is 5.52. The lowest BCUT2D eigenvalue weighted by molar-refractivity contribution is 0.0787. The van der Waals surface area contributed by atoms with Gasteiger partial charge in [-0.25, -0.2) is 9.97 Å². The number of aryl methyl sites for hydroxylation is 1. The summed E-state index contributed by atoms with van der Waals surface area (Å²) in [6.45, 7) is 7.81. The second-order valence-corrected chi connectivity index (χ2v) is 4.89. The van der Waals surface area contributed by atoms with E-state index in [1.807, 2.05) is 12.1 Å². The molecule has 19 heavy (non-hydrogen) atoms. The molecular weight excluding hydrogens is 238 g/mol. The van der Waals surface area contributed by atoms with Crippen LogP contribution in [0.4, 0.5) is 5.82 Å². The van der Waals surface area contributed by atoms with Crippen LogP contribution in [0.3, 0.4) is 0 Å². The van der Waals surface area contributed by atoms with Crippen molar-refractivity contribution in [3.8, 4) is 0 Å². The third-order valence-electron chi connectivity index (χ3n) is 2.94. The number of hydrogen-bond donors (Lipinski definition) is 1. The van der Waals surface area contributed by atoms with Crippen LogP contribution in [0.2, 0.25) is 0 Å². The van der Waals surface area contributed by atoms with Crippen LogP contribution in [0.5, 0.6) is 0 Å². The molecule has 0 bridgehead atoms. The summed E-state index contributed by atoms with van der Waals surface area (Å²) >= 11 is 0. The van der Waals surface area contributed by atoms with Crippen molar-refractivity contribution in [1.29, 1.82) is 0 Å². The Kier molecular flexibility index (Phi) is 4.68. The van der Waals surface area contributed by atoms with E-state index < -0.39 is 0 Å². The Labute approximate surface area is 114 Å². The van der Waals surface area contributed by atoms with E-state index in [4.69, 9.17) is 4.74 Å². The van der Waals surface area contributed by atoms with Gasteiger partial charge in [-0.1, -0.05) is 12.1 Å². The molecule has 0 aliphatic carbocycles. The van der Waals surface area contributed by atoms with Crippen molar-refractivity contribution >= 4 is 16.7 Å². The minimum absolute atomic E-state index is 0.294. The number of anilines is 1. The first-order valence-electron chi connectivity index (χ1n) is 6.74. The Morgan fingerprint density at radius 1 is 1.26 bits per heavy atom. The van der Waals surface area contributed by atoms with Gasteiger partial charge in [0.15, 0.2) is 0 Å². The van der Waals surface area contributed by atoms with Crippen molar-refractivity contribution in [2.75, 3.05) is 18.5 Å². The molecule has 0 radical (unpaired) electrons. The van der Waals surface area contributed by atoms with Gasteiger partial charge in [0.2, 0.25) is 0 Å². The fourth-order valence-corrected chi connectivity index (χ4v) is 2.01. The highest BCUT2D eigenvalue weighted by Gasteiger charge is 2.05. The topological polar surface area (TPSA) is 47.0 Å². The molecule has 1 heterocycles. The summed E-state index contributed by atoms with van der Waals surface area (Å²) in [7, 11) is 0. The maximum Gasteiger partial charge on any atom is 0.137 e. The number of nitrogens with one attached hydrogen (secondary N) is 1. The van der Waals surface area contributed by atoms with Gasteiger partial charge in [0, 0.05) is 18.5 Å². The quantitative estimate of drug-likeness (QED) is 0.809. The van der Waals surface area contributed by atoms with Gasteiger partial charge >= 0.3 is 0 Å². The first-order chi connectivity index (χ1) is 9.18. The van der Waals surface area contributed by atoms with Gasteiger partial charge in [0.1, 0.15) is 12.1 Å². The lowest BCUT2D eigenvalue weighted by Crippen LogP contribution is -2.10. The van der Waals surface area contributed by atoms with Crippen molar-refractivity contribution in [2.45, 2.75) is 33.3 Å². The van der Waals surface area contributed by atoms with Gasteiger partial charge in [-0.3, -0.25) is 0 Å². The Hall–Kier alpha value is -1.68. The Bertz CT molecular complexity index is 535. The number of hydrogen-bond acceptors (Lipinski definition) is 4. The van der Waals surface area contributed by atoms with Crippen LogP contribution in [0, 0.1) is 6.92 Å². The van der Waals surface area contributed by atoms with Crippen LogP contribution >= 0.6 is 0 Å². The molecule has 0 saturated carbocycles. The van der Waals surface area contributed by atoms with Crippen LogP contribution in [0.25, 0.3) is 10.9 Å². The molecule has 4 heteroatoms. The largest absolute Gasteiger partial charge is 0.379 e. The van der Waals surface area contributed by atoms with Gasteiger partial charge in [-0.2, -0.15) is 0 Å². The number of benzene rings is 1. The van der Waals surface area contributed by atoms with E-state index in [1.54, 1.807) is 6.33 Å². The van der Waals surface area contributed by atoms with E-state index in [9.17, 15) is 0 Å². The lowest BCUT2D eigenvalue weighted by Gasteiger charge is -2.11. The second kappa shape index (κ2) is 6.48. The maximum atomic E-state index is 5.52. The summed E-state index contributed by atoms with van der Waals surface area (Å²) < 4.78 is 5.52. The van der Waals surface area contributed by atoms with Crippen molar-refractivity contribution in [2.24, 2.45) is 0 Å². The summed E-state index contributed by atoms with van der Waals surface area (Å²) in [5.41, 5.74) is 2.18. The highest BCUT2D eigenvalue weighted by molar-refractivity contribution is 5.91. The Morgan fingerprint density at radius 3 is 2.89 bits per heavy atom. The first-order valence-corrected chi connectivity index (χ1v) is 6.74. The molecule has 0 atom stereocenters. The second-order valence-electron chi connectivity index (χ2n) is 4.89. The number of rotatable bonds is 6. The third-order valence-corrected chi connectivity index (χ3v) is 2.94. The third kappa shape index (κ3) is 3.64. The van der Waals surface area contributed by atoms with Crippen molar-refractivity contribution in [3.05, 3.63) is 30.1 Å². The molecule has 2 aromatic rings. The van der Waals surface area contributed by atoms with Gasteiger partial charge < -0.3 is 10.1 Å². The SMILES string of the molecule is Cc1cccc2ncnc(NCCCOC(C)C)c12. The lowest BCUT2D eigenvalue weighted by atomic mass is 10.1. The van der Waals surface area contributed by atoms with E-state index in [-0.39, 0.29) is 0 Å². The number of nitrogens with zero attached hydrogens (tertiary/aromatic N) is 2. The molecule has 0 saturated heterocycles. The minimum Gasteiger partial charge on any atom is -0.379 e. The zero-order valence-electron chi connectivity index (χ0n) is 11.8. The molecule has 0 unspecified atom stereocenters. The average Bonchev–Trinajstić information content (AvgIpc) is 2.38. The fraction of sp³-hybridized carbons (Fsp3) is 0.467. The van der Waals surface area contributed by atoms with Crippen LogP contribution in [-0.4, -0.2) is 29.2 Å². The molecule has 0 spiro atoms. The summed E-state index contributed by atoms with van der Waals surface area (Å²) in [6.07, 6.45) is 2.87. The Morgan fingerprint density at radius 2 is 2.11 bits per heavy atom. The molecule has 4 nitrogen and oxygen atoms in total. The zero-order valence-corrected chi connectivity index (χ0v) is 11.8. The molecular formula is C15H21N3O. The summed E-state index contributed by atoms with van der Waals surface area (Å²) in [6, 6.07) is 6.11. The molecule has 102 valence electrons. The molecule has 2 rings (SSSR count). The minimum atomic E-state index is 0.294. The smallest absolute Gasteiger partial charge is 0.137 e. The molecule has 0 aliphatic heterocycles. The normalized spacial score (nSPS) is 11.2. The van der Waals surface area contributed by atoms with E-state index >= 15 is 0 Å². The average molecular weight is 259 g/mol. The molecule has 1 aromatic carbocycles. The van der Waals surface area contributed by atoms with E-state index in [2.05, 4.69) is 42.1 Å². The predicted octanol–water partition coefficient (Wildman–Crippen LogP) is 3.17. The summed E-state index contributed by atoms with van der Waals surface area (Å²) in [5, 5.41) is 4.48. The number of aromatic nitrogens is 2. The summed E-state index contributed by atoms with van der Waals surface area (Å²) in [4.78, 5) is 8.63. The zero-order chi connectivity index (χ0) is 13.7. The first kappa shape index (κ1) is 13.7. The number of fused-ring (bicyclic) bond motifs is 1. The summed E-state index contributed by atoms with van der Waals surface area (Å²) in [5.74, 6) is 0.910. The van der Waals surface area contributed by atoms with Crippen molar-refractivity contribution in [1.82, 2.24) is 9.97 Å². The highest BCUT2D eigenvalue weighted by atomic mass is 16.5. The fourth-order valence-electron chi connectivity index (χ4n) is 2.01. The predicted molar refractivity (Wildman–Crippen MR) is 78.5 cm³/mol. The van der Waals surface area contributed by atoms with Crippen molar-refractivity contribution < 1.29 is 4.74 Å². The molecule has 1 N–H and O–H groups in total. The van der Waals surface area contributed by atoms with Crippen LogP contribution < -0.4 is 5.32 Å². The Balaban J connectivity index is 2.01. The van der Waals surface area contributed by atoms with Crippen molar-refractivity contribution in [3.63, 3.8) is 0 Å². The highest BCUT2D eigenvalue weighted by Crippen LogP contribution is 2.22. The monoisotopic (exact) mass is 259 g/mol. The standard InChI is InChI=1S/C15H21N3O/c1-11(2)19-9-5-8-16-15-14-12(3)6-4-7-13(14)17-10-18-15/h4,6-7,10-11H,5,8-9H2,1-3H3,(H,16,17,18). The van der Waals surface area contributed by atoms with E-state index in [0.717, 1.165) is 36.3 Å². The van der Waals surface area contributed by atoms with Crippen LogP contribution in [0.15, 0.2) is 24.5 Å². The van der Waals surface area contributed by atoms with Crippen LogP contribution in [-0.2, 0) is 4.74 Å². The number of ether oxygens (including phenoxy) is 1. The molecule has 0 amide bonds. The van der Waals surface area contributed by atoms with Gasteiger partial charge in [-0.05, 0) is 38.8 Å². The molecule has 0 aliphatic rings. The van der Waals surface area contributed by atoms with Gasteiger partial charge in [-0.15, -0.1) is 0 Å². The molecule has 1 aromatic heterocycles. The molecule has 0 fully saturated rings. The van der Waals surface area contributed by atoms with Crippen LogP contribution in [0.1, 0.15) is 25.8 Å². The van der Waals surface area contributed by atoms with Gasteiger partial charge in [0.25, 0.3) is 0 Å². The van der Waals surface area contributed by atoms with E-state index in [1.165, 1.54) is 5.56 Å².